The molecule has 0 aliphatic carbocycles. The Morgan fingerprint density at radius 2 is 2.35 bits per heavy atom. The number of thioether (sulfide) groups is 1. The molecule has 2 heterocycles. The number of hydrogen-bond donors (Lipinski definition) is 1. The van der Waals surface area contributed by atoms with Gasteiger partial charge in [0.25, 0.3) is 0 Å². The van der Waals surface area contributed by atoms with Crippen molar-refractivity contribution in [1.82, 2.24) is 14.9 Å². The zero-order valence-electron chi connectivity index (χ0n) is 10.7. The van der Waals surface area contributed by atoms with Crippen LogP contribution in [0.4, 0.5) is 5.82 Å². The van der Waals surface area contributed by atoms with Crippen LogP contribution in [0, 0.1) is 6.92 Å². The quantitative estimate of drug-likeness (QED) is 0.890. The lowest BCUT2D eigenvalue weighted by molar-refractivity contribution is 0.264. The fourth-order valence-corrected chi connectivity index (χ4v) is 3.18. The topological polar surface area (TPSA) is 41.1 Å². The maximum atomic E-state index is 4.62. The van der Waals surface area contributed by atoms with Crippen molar-refractivity contribution in [2.75, 3.05) is 37.0 Å². The first-order valence-electron chi connectivity index (χ1n) is 6.08. The van der Waals surface area contributed by atoms with Crippen LogP contribution in [-0.4, -0.2) is 46.5 Å². The first kappa shape index (κ1) is 12.6. The van der Waals surface area contributed by atoms with Gasteiger partial charge in [-0.25, -0.2) is 9.97 Å². The van der Waals surface area contributed by atoms with E-state index in [1.165, 1.54) is 5.75 Å². The summed E-state index contributed by atoms with van der Waals surface area (Å²) in [4.78, 5) is 11.6. The molecule has 94 valence electrons. The van der Waals surface area contributed by atoms with Gasteiger partial charge in [0.05, 0.1) is 6.04 Å². The van der Waals surface area contributed by atoms with E-state index in [1.807, 2.05) is 24.8 Å². The summed E-state index contributed by atoms with van der Waals surface area (Å²) in [6.45, 7) is 6.12. The van der Waals surface area contributed by atoms with Crippen molar-refractivity contribution in [3.8, 4) is 0 Å². The highest BCUT2D eigenvalue weighted by Gasteiger charge is 2.23. The Kier molecular flexibility index (Phi) is 4.23. The predicted octanol–water partition coefficient (Wildman–Crippen LogP) is 1.94. The van der Waals surface area contributed by atoms with Crippen LogP contribution in [0.2, 0.25) is 0 Å². The van der Waals surface area contributed by atoms with E-state index in [0.29, 0.717) is 6.04 Å². The normalized spacial score (nSPS) is 21.5. The van der Waals surface area contributed by atoms with Crippen LogP contribution in [0.25, 0.3) is 0 Å². The van der Waals surface area contributed by atoms with Gasteiger partial charge in [0, 0.05) is 36.4 Å². The molecule has 0 spiro atoms. The Bertz CT molecular complexity index is 383. The van der Waals surface area contributed by atoms with Crippen molar-refractivity contribution in [3.05, 3.63) is 17.6 Å². The molecular formula is C12H20N4S. The monoisotopic (exact) mass is 252 g/mol. The number of anilines is 1. The fourth-order valence-electron chi connectivity index (χ4n) is 1.97. The van der Waals surface area contributed by atoms with Gasteiger partial charge in [0.15, 0.2) is 0 Å². The van der Waals surface area contributed by atoms with Gasteiger partial charge in [0.1, 0.15) is 11.6 Å². The Balaban J connectivity index is 2.24. The molecule has 5 heteroatoms. The molecule has 17 heavy (non-hydrogen) atoms. The standard InChI is InChI=1S/C12H20N4S/c1-4-13-11-7-9(2)14-12(15-11)10-8-17-6-5-16(10)3/h7,10H,4-6,8H2,1-3H3,(H,13,14,15). The van der Waals surface area contributed by atoms with Crippen LogP contribution < -0.4 is 5.32 Å². The van der Waals surface area contributed by atoms with Crippen LogP contribution in [0.5, 0.6) is 0 Å². The molecular weight excluding hydrogens is 232 g/mol. The third kappa shape index (κ3) is 3.10. The van der Waals surface area contributed by atoms with E-state index in [2.05, 4.69) is 34.2 Å². The van der Waals surface area contributed by atoms with Crippen LogP contribution in [0.1, 0.15) is 24.5 Å². The first-order valence-corrected chi connectivity index (χ1v) is 7.23. The SMILES string of the molecule is CCNc1cc(C)nc(C2CSCCN2C)n1. The minimum absolute atomic E-state index is 0.353. The van der Waals surface area contributed by atoms with Gasteiger partial charge < -0.3 is 5.32 Å². The summed E-state index contributed by atoms with van der Waals surface area (Å²) in [5.41, 5.74) is 1.04. The lowest BCUT2D eigenvalue weighted by Gasteiger charge is -2.31. The lowest BCUT2D eigenvalue weighted by atomic mass is 10.2. The number of aromatic nitrogens is 2. The maximum Gasteiger partial charge on any atom is 0.148 e. The number of nitrogens with zero attached hydrogens (tertiary/aromatic N) is 3. The molecule has 0 bridgehead atoms. The molecule has 1 aromatic rings. The Morgan fingerprint density at radius 3 is 3.06 bits per heavy atom. The molecule has 1 unspecified atom stereocenters. The van der Waals surface area contributed by atoms with E-state index in [4.69, 9.17) is 0 Å². The van der Waals surface area contributed by atoms with Gasteiger partial charge >= 0.3 is 0 Å². The summed E-state index contributed by atoms with van der Waals surface area (Å²) in [5, 5.41) is 3.27. The van der Waals surface area contributed by atoms with E-state index < -0.39 is 0 Å². The Morgan fingerprint density at radius 1 is 1.53 bits per heavy atom. The second-order valence-corrected chi connectivity index (χ2v) is 5.50. The smallest absolute Gasteiger partial charge is 0.148 e. The van der Waals surface area contributed by atoms with Crippen LogP contribution in [0.3, 0.4) is 0 Å². The first-order chi connectivity index (χ1) is 8.20. The van der Waals surface area contributed by atoms with Crippen molar-refractivity contribution in [2.24, 2.45) is 0 Å². The maximum absolute atomic E-state index is 4.62. The summed E-state index contributed by atoms with van der Waals surface area (Å²) >= 11 is 1.98. The highest BCUT2D eigenvalue weighted by atomic mass is 32.2. The third-order valence-corrected chi connectivity index (χ3v) is 3.95. The summed E-state index contributed by atoms with van der Waals surface area (Å²) in [5.74, 6) is 4.19. The summed E-state index contributed by atoms with van der Waals surface area (Å²) in [6.07, 6.45) is 0. The molecule has 1 saturated heterocycles. The number of nitrogens with one attached hydrogen (secondary N) is 1. The molecule has 4 nitrogen and oxygen atoms in total. The molecule has 0 amide bonds. The van der Waals surface area contributed by atoms with Gasteiger partial charge in [0.2, 0.25) is 0 Å². The minimum atomic E-state index is 0.353. The fraction of sp³-hybridized carbons (Fsp3) is 0.667. The molecule has 1 atom stereocenters. The molecule has 1 N–H and O–H groups in total. The molecule has 0 aromatic carbocycles. The van der Waals surface area contributed by atoms with Crippen LogP contribution >= 0.6 is 11.8 Å². The highest BCUT2D eigenvalue weighted by molar-refractivity contribution is 7.99. The predicted molar refractivity (Wildman–Crippen MR) is 73.6 cm³/mol. The van der Waals surface area contributed by atoms with Gasteiger partial charge in [-0.2, -0.15) is 11.8 Å². The minimum Gasteiger partial charge on any atom is -0.370 e. The number of rotatable bonds is 3. The number of aryl methyl sites for hydroxylation is 1. The van der Waals surface area contributed by atoms with Gasteiger partial charge in [-0.1, -0.05) is 0 Å². The van der Waals surface area contributed by atoms with Crippen molar-refractivity contribution in [1.29, 1.82) is 0 Å². The summed E-state index contributed by atoms with van der Waals surface area (Å²) < 4.78 is 0. The molecule has 0 saturated carbocycles. The van der Waals surface area contributed by atoms with Crippen LogP contribution in [0.15, 0.2) is 6.07 Å². The lowest BCUT2D eigenvalue weighted by Crippen LogP contribution is -2.34. The average Bonchev–Trinajstić information content (AvgIpc) is 2.29. The highest BCUT2D eigenvalue weighted by Crippen LogP contribution is 2.26. The van der Waals surface area contributed by atoms with E-state index in [0.717, 1.165) is 36.2 Å². The zero-order chi connectivity index (χ0) is 12.3. The largest absolute Gasteiger partial charge is 0.370 e. The molecule has 1 aliphatic rings. The molecule has 2 rings (SSSR count). The van der Waals surface area contributed by atoms with E-state index in [1.54, 1.807) is 0 Å². The van der Waals surface area contributed by atoms with Gasteiger partial charge in [-0.05, 0) is 20.9 Å². The van der Waals surface area contributed by atoms with Gasteiger partial charge in [-0.3, -0.25) is 4.90 Å². The van der Waals surface area contributed by atoms with Gasteiger partial charge in [-0.15, -0.1) is 0 Å². The van der Waals surface area contributed by atoms with Crippen molar-refractivity contribution < 1.29 is 0 Å². The second-order valence-electron chi connectivity index (χ2n) is 4.35. The van der Waals surface area contributed by atoms with E-state index in [-0.39, 0.29) is 0 Å². The summed E-state index contributed by atoms with van der Waals surface area (Å²) in [7, 11) is 2.16. The van der Waals surface area contributed by atoms with Crippen molar-refractivity contribution in [2.45, 2.75) is 19.9 Å². The number of hydrogen-bond acceptors (Lipinski definition) is 5. The third-order valence-electron chi connectivity index (χ3n) is 2.92. The molecule has 0 radical (unpaired) electrons. The second kappa shape index (κ2) is 5.69. The van der Waals surface area contributed by atoms with Crippen molar-refractivity contribution >= 4 is 17.6 Å². The molecule has 1 aliphatic heterocycles. The molecule has 1 aromatic heterocycles. The Hall–Kier alpha value is -0.810. The van der Waals surface area contributed by atoms with Crippen LogP contribution in [-0.2, 0) is 0 Å². The Labute approximate surface area is 107 Å². The van der Waals surface area contributed by atoms with Crippen molar-refractivity contribution in [3.63, 3.8) is 0 Å². The molecule has 1 fully saturated rings. The van der Waals surface area contributed by atoms with E-state index in [9.17, 15) is 0 Å². The van der Waals surface area contributed by atoms with E-state index >= 15 is 0 Å². The zero-order valence-corrected chi connectivity index (χ0v) is 11.5. The average molecular weight is 252 g/mol. The summed E-state index contributed by atoms with van der Waals surface area (Å²) in [6, 6.07) is 2.36.